The molecule has 6 heterocycles. The first-order valence-electron chi connectivity index (χ1n) is 44.0. The lowest BCUT2D eigenvalue weighted by Crippen LogP contribution is -2.49. The van der Waals surface area contributed by atoms with E-state index in [0.717, 1.165) is 11.8 Å². The summed E-state index contributed by atoms with van der Waals surface area (Å²) < 4.78 is 48.0. The molecule has 0 saturated heterocycles. The quantitative estimate of drug-likeness (QED) is 0.0276. The van der Waals surface area contributed by atoms with E-state index in [-0.39, 0.29) is 103 Å². The maximum absolute atomic E-state index is 14.4. The number of carbonyl (C=O) groups excluding carboxylic acids is 4. The molecule has 136 heavy (non-hydrogen) atoms. The van der Waals surface area contributed by atoms with Crippen molar-refractivity contribution in [2.75, 3.05) is 137 Å². The van der Waals surface area contributed by atoms with Gasteiger partial charge in [0.25, 0.3) is 16.7 Å². The van der Waals surface area contributed by atoms with Crippen molar-refractivity contribution in [3.63, 3.8) is 0 Å². The molecule has 13 aromatic rings. The lowest BCUT2D eigenvalue weighted by Gasteiger charge is -2.34. The van der Waals surface area contributed by atoms with Gasteiger partial charge in [-0.25, -0.2) is 47.4 Å². The predicted molar refractivity (Wildman–Crippen MR) is 539 cm³/mol. The number of hydrogen-bond donors (Lipinski definition) is 4. The van der Waals surface area contributed by atoms with Crippen molar-refractivity contribution in [3.8, 4) is 34.3 Å². The zero-order chi connectivity index (χ0) is 97.9. The molecule has 0 aliphatic carbocycles. The van der Waals surface area contributed by atoms with Gasteiger partial charge in [-0.05, 0) is 270 Å². The number of nitrogens with zero attached hydrogens (tertiary/aromatic N) is 15. The number of aromatic nitrogens is 9. The van der Waals surface area contributed by atoms with Crippen molar-refractivity contribution in [3.05, 3.63) is 302 Å². The summed E-state index contributed by atoms with van der Waals surface area (Å²) in [4.78, 5) is 137. The van der Waals surface area contributed by atoms with Gasteiger partial charge in [-0.1, -0.05) is 106 Å². The SMILES string of the molecule is CCOc1ccc(-n2c(C(CCN)N(CCN(C)C)C(=O)Cc3ccc(Cl)c(Cl)c3)nc3ncccc3c2=O)cc1.CCOc1ccc(-n2c(C(CCNC(=O)Nc3ccccc3)N(CCN(C)C)C(=O)Cc3ccc(Cl)c(Cl)c3)nc3ncccc3c2=O)cc1.CCOc1ccc(-n2c(N(CCNS(C)(=O)=O)C(CCN(C)C)C(=O)Cc3ccc(Cl)c(Cl)c3)nc3ncccc3c2=O)cc1. The van der Waals surface area contributed by atoms with Crippen LogP contribution in [0.1, 0.15) is 80.5 Å². The summed E-state index contributed by atoms with van der Waals surface area (Å²) in [5.41, 5.74) is 10.2. The Balaban J connectivity index is 0.000000197. The normalized spacial score (nSPS) is 12.1. The van der Waals surface area contributed by atoms with E-state index in [9.17, 15) is 42.0 Å². The van der Waals surface area contributed by atoms with Crippen LogP contribution < -0.4 is 56.9 Å². The number of ether oxygens (including phenoxy) is 3. The van der Waals surface area contributed by atoms with Gasteiger partial charge >= 0.3 is 6.03 Å². The number of carbonyl (C=O) groups is 4. The third-order valence-corrected chi connectivity index (χ3v) is 24.5. The van der Waals surface area contributed by atoms with Crippen LogP contribution in [-0.2, 0) is 43.7 Å². The second kappa shape index (κ2) is 50.2. The number of benzene rings is 7. The number of halogens is 6. The number of fused-ring (bicyclic) bond motifs is 3. The van der Waals surface area contributed by atoms with Crippen LogP contribution >= 0.6 is 69.6 Å². The molecule has 7 aromatic carbocycles. The summed E-state index contributed by atoms with van der Waals surface area (Å²) in [5, 5.41) is 8.94. The van der Waals surface area contributed by atoms with E-state index in [1.54, 1.807) is 208 Å². The van der Waals surface area contributed by atoms with Crippen LogP contribution in [0.2, 0.25) is 30.1 Å². The van der Waals surface area contributed by atoms with Crippen molar-refractivity contribution in [2.45, 2.75) is 77.4 Å². The second-order valence-corrected chi connectivity index (χ2v) is 36.6. The van der Waals surface area contributed by atoms with Crippen molar-refractivity contribution in [2.24, 2.45) is 5.73 Å². The Hall–Kier alpha value is -12.0. The number of pyridine rings is 3. The highest BCUT2D eigenvalue weighted by Gasteiger charge is 2.36. The third kappa shape index (κ3) is 28.6. The molecule has 0 bridgehead atoms. The second-order valence-electron chi connectivity index (χ2n) is 32.3. The van der Waals surface area contributed by atoms with Crippen LogP contribution in [0, 0.1) is 0 Å². The predicted octanol–water partition coefficient (Wildman–Crippen LogP) is 14.9. The summed E-state index contributed by atoms with van der Waals surface area (Å²) in [7, 11) is 7.94. The van der Waals surface area contributed by atoms with Gasteiger partial charge in [0.1, 0.15) is 28.9 Å². The van der Waals surface area contributed by atoms with Gasteiger partial charge in [0.05, 0.1) is 120 Å². The number of urea groups is 1. The van der Waals surface area contributed by atoms with E-state index in [1.165, 1.54) is 15.3 Å². The number of sulfonamides is 1. The van der Waals surface area contributed by atoms with Crippen LogP contribution in [-0.4, -0.2) is 233 Å². The number of para-hydroxylation sites is 1. The number of anilines is 2. The van der Waals surface area contributed by atoms with Gasteiger partial charge in [0.2, 0.25) is 27.8 Å². The van der Waals surface area contributed by atoms with Gasteiger partial charge in [-0.2, -0.15) is 4.98 Å². The largest absolute Gasteiger partial charge is 0.494 e. The topological polar surface area (TPSA) is 355 Å². The van der Waals surface area contributed by atoms with E-state index in [1.807, 2.05) is 96.0 Å². The van der Waals surface area contributed by atoms with E-state index >= 15 is 0 Å². The molecule has 0 aliphatic rings. The lowest BCUT2D eigenvalue weighted by atomic mass is 9.99. The fourth-order valence-corrected chi connectivity index (χ4v) is 16.4. The Bertz CT molecular complexity index is 6610. The standard InChI is InChI=1S/C37H39Cl2N7O4.C31H36Cl2N6O5S.C30H34Cl2N6O3/c1-4-50-28-15-13-27(14-16-28)46-35(43-34-29(36(46)48)11-8-19-40-34)32(18-20-41-37(49)42-26-9-6-5-7-10-26)45(22-21-44(2)3)33(47)24-25-12-17-30(38)31(39)23-25;1-5-44-23-11-9-22(10-12-23)39-30(41)24-7-6-15-34-29(24)36-31(39)38(18-16-35-45(4,42)43)27(14-17-37(2)3)28(40)20-21-8-13-25(32)26(33)19-21;1-4-41-22-10-8-21(9-11-22)38-29(35-28-23(30(38)40)6-5-15-34-28)26(13-14-33)37(17-16-36(2)3)27(39)19-20-7-12-24(31)25(32)18-20/h5-17,19,23,32H,4,18,20-22,24H2,1-3H3,(H2,41,42,49);6-13,15,19,27,35H,5,14,16-18,20H2,1-4H3;5-12,15,18,26H,4,13-14,16-17,19,33H2,1-3H3. The molecule has 38 heteroatoms. The van der Waals surface area contributed by atoms with Crippen molar-refractivity contribution in [1.82, 2.24) is 78.1 Å². The molecule has 0 fully saturated rings. The van der Waals surface area contributed by atoms with Crippen LogP contribution in [0.25, 0.3) is 50.2 Å². The minimum absolute atomic E-state index is 0.0157. The van der Waals surface area contributed by atoms with Crippen LogP contribution in [0.3, 0.4) is 0 Å². The molecule has 13 rings (SSSR count). The Labute approximate surface area is 819 Å². The molecule has 31 nitrogen and oxygen atoms in total. The Kier molecular flexibility index (Phi) is 38.5. The molecule has 3 atom stereocenters. The van der Waals surface area contributed by atoms with E-state index in [0.29, 0.717) is 175 Å². The molecule has 4 amide bonds. The highest BCUT2D eigenvalue weighted by atomic mass is 35.5. The van der Waals surface area contributed by atoms with Gasteiger partial charge in [0, 0.05) is 76.5 Å². The highest BCUT2D eigenvalue weighted by molar-refractivity contribution is 7.88. The number of nitrogens with one attached hydrogen (secondary N) is 3. The van der Waals surface area contributed by atoms with Crippen LogP contribution in [0.4, 0.5) is 16.4 Å². The first kappa shape index (κ1) is 104. The number of likely N-dealkylation sites (N-methyl/N-ethyl adjacent to an activating group) is 2. The van der Waals surface area contributed by atoms with Crippen molar-refractivity contribution >= 4 is 148 Å². The Morgan fingerprint density at radius 2 is 0.824 bits per heavy atom. The average molecular weight is 1990 g/mol. The first-order chi connectivity index (χ1) is 65.2. The number of amides is 4. The molecule has 3 unspecified atom stereocenters. The van der Waals surface area contributed by atoms with Gasteiger partial charge in [0.15, 0.2) is 22.7 Å². The average Bonchev–Trinajstić information content (AvgIpc) is 0.765. The molecular formula is C98H109Cl6N19O12S. The molecule has 0 spiro atoms. The van der Waals surface area contributed by atoms with E-state index in [2.05, 4.69) is 30.3 Å². The minimum atomic E-state index is -3.56. The Morgan fingerprint density at radius 3 is 1.21 bits per heavy atom. The molecule has 0 aliphatic heterocycles. The summed E-state index contributed by atoms with van der Waals surface area (Å²) in [6.45, 7) is 9.89. The number of rotatable bonds is 41. The zero-order valence-electron chi connectivity index (χ0n) is 77.0. The molecule has 6 aromatic heterocycles. The van der Waals surface area contributed by atoms with E-state index in [4.69, 9.17) is 105 Å². The lowest BCUT2D eigenvalue weighted by molar-refractivity contribution is -0.134. The number of hydrogen-bond acceptors (Lipinski definition) is 23. The van der Waals surface area contributed by atoms with Gasteiger partial charge in [-0.3, -0.25) is 37.9 Å². The summed E-state index contributed by atoms with van der Waals surface area (Å²) in [6.07, 6.45) is 6.84. The monoisotopic (exact) mass is 1990 g/mol. The minimum Gasteiger partial charge on any atom is -0.494 e. The number of ketones is 1. The molecule has 0 saturated carbocycles. The fourth-order valence-electron chi connectivity index (χ4n) is 15.0. The van der Waals surface area contributed by atoms with Crippen molar-refractivity contribution in [1.29, 1.82) is 0 Å². The fraction of sp³-hybridized carbons (Fsp3) is 0.316. The molecular weight excluding hydrogens is 1880 g/mol. The van der Waals surface area contributed by atoms with Crippen molar-refractivity contribution < 1.29 is 41.8 Å². The smallest absolute Gasteiger partial charge is 0.319 e. The highest BCUT2D eigenvalue weighted by Crippen LogP contribution is 2.34. The van der Waals surface area contributed by atoms with Gasteiger partial charge in [-0.15, -0.1) is 0 Å². The first-order valence-corrected chi connectivity index (χ1v) is 48.1. The van der Waals surface area contributed by atoms with Crippen LogP contribution in [0.5, 0.6) is 17.2 Å². The molecule has 5 N–H and O–H groups in total. The summed E-state index contributed by atoms with van der Waals surface area (Å²) >= 11 is 37.2. The molecule has 0 radical (unpaired) electrons. The number of nitrogens with two attached hydrogens (primary N) is 1. The third-order valence-electron chi connectivity index (χ3n) is 21.5. The van der Waals surface area contributed by atoms with Gasteiger partial charge < -0.3 is 60.0 Å². The summed E-state index contributed by atoms with van der Waals surface area (Å²) in [5.74, 6) is 2.24. The van der Waals surface area contributed by atoms with Crippen LogP contribution in [0.15, 0.2) is 227 Å². The van der Waals surface area contributed by atoms with E-state index < -0.39 is 39.7 Å². The zero-order valence-corrected chi connectivity index (χ0v) is 82.4. The summed E-state index contributed by atoms with van der Waals surface area (Å²) in [6, 6.07) is 53.1. The molecule has 716 valence electrons. The maximum atomic E-state index is 14.4. The number of Topliss-reactive ketones (excluding diaryl/α,β-unsaturated/α-hetero) is 1. The Morgan fingerprint density at radius 1 is 0.434 bits per heavy atom. The maximum Gasteiger partial charge on any atom is 0.319 e.